The molecule has 0 aliphatic rings. The maximum atomic E-state index is 11.3. The number of fused-ring (bicyclic) bond motifs is 1. The molecule has 1 aromatic heterocycles. The van der Waals surface area contributed by atoms with Crippen LogP contribution in [0.25, 0.3) is 10.9 Å². The van der Waals surface area contributed by atoms with Gasteiger partial charge in [0.1, 0.15) is 5.39 Å². The number of hydrogen-bond acceptors (Lipinski definition) is 4. The van der Waals surface area contributed by atoms with Crippen LogP contribution >= 0.6 is 0 Å². The van der Waals surface area contributed by atoms with Gasteiger partial charge in [-0.15, -0.1) is 9.46 Å². The molecule has 0 fully saturated rings. The molecule has 14 heavy (non-hydrogen) atoms. The van der Waals surface area contributed by atoms with Gasteiger partial charge in [-0.3, -0.25) is 0 Å². The first-order valence-corrected chi connectivity index (χ1v) is 3.88. The van der Waals surface area contributed by atoms with Gasteiger partial charge in [-0.05, 0) is 6.07 Å². The zero-order valence-electron chi connectivity index (χ0n) is 7.18. The van der Waals surface area contributed by atoms with E-state index in [9.17, 15) is 10.4 Å². The van der Waals surface area contributed by atoms with E-state index in [0.717, 1.165) is 6.33 Å². The minimum atomic E-state index is 0.323. The van der Waals surface area contributed by atoms with Crippen LogP contribution in [0.3, 0.4) is 0 Å². The second kappa shape index (κ2) is 2.63. The number of nitrogen functional groups attached to an aromatic ring is 2. The fraction of sp³-hybridized carbons (Fsp3) is 0. The van der Waals surface area contributed by atoms with E-state index in [1.165, 1.54) is 18.3 Å². The lowest BCUT2D eigenvalue weighted by atomic mass is 10.2. The maximum absolute atomic E-state index is 11.3. The third kappa shape index (κ3) is 1.13. The number of benzene rings is 1. The normalized spacial score (nSPS) is 10.6. The summed E-state index contributed by atoms with van der Waals surface area (Å²) in [5.41, 5.74) is 12.1. The number of aromatic nitrogens is 2. The molecule has 2 rings (SSSR count). The van der Waals surface area contributed by atoms with Crippen LogP contribution in [-0.2, 0) is 0 Å². The summed E-state index contributed by atoms with van der Waals surface area (Å²) < 4.78 is 0.878. The van der Waals surface area contributed by atoms with Crippen molar-refractivity contribution in [3.63, 3.8) is 0 Å². The van der Waals surface area contributed by atoms with E-state index < -0.39 is 0 Å². The lowest BCUT2D eigenvalue weighted by molar-refractivity contribution is -0.730. The van der Waals surface area contributed by atoms with Crippen LogP contribution in [0.4, 0.5) is 11.4 Å². The van der Waals surface area contributed by atoms with E-state index >= 15 is 0 Å². The number of nitrogens with zero attached hydrogens (tertiary/aromatic N) is 2. The van der Waals surface area contributed by atoms with E-state index in [4.69, 9.17) is 11.5 Å². The Hall–Kier alpha value is -2.24. The Labute approximate surface area is 79.1 Å². The van der Waals surface area contributed by atoms with E-state index in [-0.39, 0.29) is 0 Å². The molecule has 0 amide bonds. The third-order valence-corrected chi connectivity index (χ3v) is 1.95. The van der Waals surface area contributed by atoms with Crippen molar-refractivity contribution < 1.29 is 9.46 Å². The maximum Gasteiger partial charge on any atom is 0.430 e. The topological polar surface area (TPSA) is 106 Å². The number of anilines is 2. The molecule has 0 aliphatic carbocycles. The van der Waals surface area contributed by atoms with Crippen molar-refractivity contribution in [2.75, 3.05) is 11.5 Å². The molecule has 0 saturated carbocycles. The van der Waals surface area contributed by atoms with Gasteiger partial charge in [0, 0.05) is 6.07 Å². The summed E-state index contributed by atoms with van der Waals surface area (Å²) >= 11 is 0. The van der Waals surface area contributed by atoms with Crippen molar-refractivity contribution in [3.8, 4) is 0 Å². The fourth-order valence-electron chi connectivity index (χ4n) is 1.27. The quantitative estimate of drug-likeness (QED) is 0.326. The van der Waals surface area contributed by atoms with Gasteiger partial charge >= 0.3 is 6.33 Å². The summed E-state index contributed by atoms with van der Waals surface area (Å²) in [5.74, 6) is 0. The lowest BCUT2D eigenvalue weighted by Crippen LogP contribution is -2.40. The van der Waals surface area contributed by atoms with Crippen LogP contribution in [0.2, 0.25) is 0 Å². The molecule has 0 radical (unpaired) electrons. The largest absolute Gasteiger partial charge is 0.614 e. The Kier molecular flexibility index (Phi) is 1.57. The molecule has 0 spiro atoms. The Morgan fingerprint density at radius 2 is 1.71 bits per heavy atom. The van der Waals surface area contributed by atoms with Gasteiger partial charge in [0.2, 0.25) is 11.7 Å². The smallest absolute Gasteiger partial charge is 0.430 e. The molecule has 0 bridgehead atoms. The molecule has 4 N–H and O–H groups in total. The highest BCUT2D eigenvalue weighted by molar-refractivity contribution is 5.85. The van der Waals surface area contributed by atoms with Crippen molar-refractivity contribution in [2.24, 2.45) is 0 Å². The molecule has 0 atom stereocenters. The summed E-state index contributed by atoms with van der Waals surface area (Å²) in [6, 6.07) is 2.94. The molecule has 72 valence electrons. The second-order valence-electron chi connectivity index (χ2n) is 2.97. The van der Waals surface area contributed by atoms with Gasteiger partial charge in [0.05, 0.1) is 11.4 Å². The lowest BCUT2D eigenvalue weighted by Gasteiger charge is -2.03. The van der Waals surface area contributed by atoms with Crippen molar-refractivity contribution in [2.45, 2.75) is 0 Å². The first-order chi connectivity index (χ1) is 6.58. The predicted octanol–water partition coefficient (Wildman–Crippen LogP) is -0.729. The minimum absolute atomic E-state index is 0.323. The first kappa shape index (κ1) is 8.36. The van der Waals surface area contributed by atoms with Crippen LogP contribution in [0.15, 0.2) is 24.7 Å². The van der Waals surface area contributed by atoms with Crippen molar-refractivity contribution in [3.05, 3.63) is 35.1 Å². The molecule has 0 saturated heterocycles. The Balaban J connectivity index is 2.89. The predicted molar refractivity (Wildman–Crippen MR) is 50.7 cm³/mol. The number of hydrogen-bond donors (Lipinski definition) is 2. The van der Waals surface area contributed by atoms with Crippen molar-refractivity contribution in [1.82, 2.24) is 0 Å². The Morgan fingerprint density at radius 3 is 2.43 bits per heavy atom. The van der Waals surface area contributed by atoms with Crippen molar-refractivity contribution >= 4 is 22.3 Å². The van der Waals surface area contributed by atoms with Gasteiger partial charge in [-0.2, -0.15) is 0 Å². The number of rotatable bonds is 0. The Morgan fingerprint density at radius 1 is 1.07 bits per heavy atom. The molecule has 6 nitrogen and oxygen atoms in total. The highest BCUT2D eigenvalue weighted by atomic mass is 16.5. The van der Waals surface area contributed by atoms with Gasteiger partial charge in [-0.1, -0.05) is 0 Å². The average molecular weight is 192 g/mol. The average Bonchev–Trinajstić information content (AvgIpc) is 2.08. The minimum Gasteiger partial charge on any atom is -0.614 e. The van der Waals surface area contributed by atoms with Crippen LogP contribution in [0, 0.1) is 10.4 Å². The summed E-state index contributed by atoms with van der Waals surface area (Å²) in [6.45, 7) is 0. The van der Waals surface area contributed by atoms with Crippen molar-refractivity contribution in [1.29, 1.82) is 0 Å². The fourth-order valence-corrected chi connectivity index (χ4v) is 1.27. The molecule has 1 aromatic carbocycles. The summed E-state index contributed by atoms with van der Waals surface area (Å²) in [7, 11) is 0. The highest BCUT2D eigenvalue weighted by Crippen LogP contribution is 2.19. The molecule has 6 heteroatoms. The Bertz CT molecular complexity index is 512. The molecule has 0 unspecified atom stereocenters. The first-order valence-electron chi connectivity index (χ1n) is 3.88. The van der Waals surface area contributed by atoms with Crippen LogP contribution in [-0.4, -0.2) is 0 Å². The summed E-state index contributed by atoms with van der Waals surface area (Å²) in [4.78, 5) is 0. The van der Waals surface area contributed by atoms with E-state index in [0.29, 0.717) is 31.7 Å². The molecular formula is C8H8N4O2. The highest BCUT2D eigenvalue weighted by Gasteiger charge is 2.11. The molecular weight excluding hydrogens is 184 g/mol. The third-order valence-electron chi connectivity index (χ3n) is 1.95. The zero-order valence-corrected chi connectivity index (χ0v) is 7.18. The van der Waals surface area contributed by atoms with E-state index in [2.05, 4.69) is 0 Å². The summed E-state index contributed by atoms with van der Waals surface area (Å²) in [6.07, 6.45) is 2.14. The van der Waals surface area contributed by atoms with Gasteiger partial charge in [-0.25, -0.2) is 0 Å². The van der Waals surface area contributed by atoms with E-state index in [1.807, 2.05) is 0 Å². The standard InChI is InChI=1S/C8H8N4O2/c9-6-1-5-3-11(13)4-12(14)8(5)2-7(6)10/h1-4H,9-10H2. The second-order valence-corrected chi connectivity index (χ2v) is 2.97. The van der Waals surface area contributed by atoms with Gasteiger partial charge in [0.15, 0.2) is 0 Å². The number of nitrogens with two attached hydrogens (primary N) is 2. The van der Waals surface area contributed by atoms with Crippen LogP contribution < -0.4 is 20.9 Å². The SMILES string of the molecule is Nc1cc2c[n+]([O-])c[n+]([O-])c2cc1N. The zero-order chi connectivity index (χ0) is 10.3. The molecule has 0 aliphatic heterocycles. The van der Waals surface area contributed by atoms with Crippen LogP contribution in [0.5, 0.6) is 0 Å². The monoisotopic (exact) mass is 192 g/mol. The molecule has 1 heterocycles. The van der Waals surface area contributed by atoms with Gasteiger partial charge < -0.3 is 21.9 Å². The molecule has 2 aromatic rings. The van der Waals surface area contributed by atoms with E-state index in [1.54, 1.807) is 0 Å². The summed E-state index contributed by atoms with van der Waals surface area (Å²) in [5, 5.41) is 22.6. The van der Waals surface area contributed by atoms with Gasteiger partial charge in [0.25, 0.3) is 0 Å². The van der Waals surface area contributed by atoms with Crippen LogP contribution in [0.1, 0.15) is 0 Å².